The van der Waals surface area contributed by atoms with E-state index in [0.717, 1.165) is 19.3 Å². The minimum absolute atomic E-state index is 0.173. The quantitative estimate of drug-likeness (QED) is 0.401. The summed E-state index contributed by atoms with van der Waals surface area (Å²) < 4.78 is 2.31. The molecule has 1 fully saturated rings. The molecule has 0 saturated carbocycles. The van der Waals surface area contributed by atoms with Crippen LogP contribution in [0.15, 0.2) is 42.5 Å². The molecule has 2 nitrogen and oxygen atoms in total. The van der Waals surface area contributed by atoms with Gasteiger partial charge in [-0.05, 0) is 35.8 Å². The van der Waals surface area contributed by atoms with Crippen LogP contribution in [0.2, 0.25) is 18.1 Å². The Hall–Kier alpha value is -1.35. The van der Waals surface area contributed by atoms with Crippen molar-refractivity contribution in [3.05, 3.63) is 48.0 Å². The number of benzene rings is 1. The largest absolute Gasteiger partial charge is 0.361 e. The van der Waals surface area contributed by atoms with Crippen LogP contribution in [-0.4, -0.2) is 18.7 Å². The molecule has 0 radical (unpaired) electrons. The normalized spacial score (nSPS) is 28.0. The van der Waals surface area contributed by atoms with E-state index in [0.29, 0.717) is 11.8 Å². The lowest BCUT2D eigenvalue weighted by atomic mass is 9.72. The van der Waals surface area contributed by atoms with Crippen LogP contribution in [0.1, 0.15) is 51.6 Å². The maximum Gasteiger partial charge on any atom is 0.221 e. The third-order valence-corrected chi connectivity index (χ3v) is 11.9. The van der Waals surface area contributed by atoms with Gasteiger partial charge in [-0.25, -0.2) is 0 Å². The first-order valence-corrected chi connectivity index (χ1v) is 12.2. The average molecular weight is 342 g/mol. The summed E-state index contributed by atoms with van der Waals surface area (Å²) in [6, 6.07) is 11.0. The predicted octanol–water partition coefficient (Wildman–Crippen LogP) is 5.55. The molecule has 1 amide bonds. The summed E-state index contributed by atoms with van der Waals surface area (Å²) in [7, 11) is -1.87. The lowest BCUT2D eigenvalue weighted by molar-refractivity contribution is -0.152. The highest BCUT2D eigenvalue weighted by Gasteiger charge is 2.59. The van der Waals surface area contributed by atoms with Crippen LogP contribution < -0.4 is 0 Å². The second kappa shape index (κ2) is 6.18. The summed E-state index contributed by atoms with van der Waals surface area (Å²) in [5.74, 6) is 1.09. The van der Waals surface area contributed by atoms with Crippen LogP contribution in [0.5, 0.6) is 0 Å². The first-order chi connectivity index (χ1) is 11.2. The lowest BCUT2D eigenvalue weighted by Gasteiger charge is -2.60. The van der Waals surface area contributed by atoms with Crippen molar-refractivity contribution >= 4 is 14.1 Å². The Bertz CT molecular complexity index is 629. The van der Waals surface area contributed by atoms with Gasteiger partial charge in [0.2, 0.25) is 5.91 Å². The van der Waals surface area contributed by atoms with E-state index in [9.17, 15) is 4.79 Å². The molecular weight excluding hydrogens is 310 g/mol. The van der Waals surface area contributed by atoms with Gasteiger partial charge < -0.3 is 4.57 Å². The molecule has 1 aliphatic carbocycles. The molecule has 3 heteroatoms. The molecule has 24 heavy (non-hydrogen) atoms. The van der Waals surface area contributed by atoms with Gasteiger partial charge in [0.25, 0.3) is 0 Å². The van der Waals surface area contributed by atoms with Gasteiger partial charge in [-0.3, -0.25) is 4.79 Å². The second-order valence-corrected chi connectivity index (χ2v) is 14.0. The molecule has 2 aliphatic rings. The van der Waals surface area contributed by atoms with Gasteiger partial charge >= 0.3 is 0 Å². The summed E-state index contributed by atoms with van der Waals surface area (Å²) in [6.45, 7) is 11.6. The first-order valence-electron chi connectivity index (χ1n) is 9.28. The molecule has 0 aromatic heterocycles. The van der Waals surface area contributed by atoms with Gasteiger partial charge in [0.05, 0.1) is 12.0 Å². The topological polar surface area (TPSA) is 20.3 Å². The van der Waals surface area contributed by atoms with Crippen molar-refractivity contribution in [2.75, 3.05) is 0 Å². The van der Waals surface area contributed by atoms with Crippen molar-refractivity contribution in [3.8, 4) is 0 Å². The Morgan fingerprint density at radius 2 is 1.75 bits per heavy atom. The molecule has 0 N–H and O–H groups in total. The highest BCUT2D eigenvalue weighted by atomic mass is 28.3. The minimum Gasteiger partial charge on any atom is -0.361 e. The Morgan fingerprint density at radius 3 is 2.29 bits per heavy atom. The SMILES string of the molecule is CC(C)(C)[Si](C)(C)N1C(=O)[C@H](C2CC=CCC2)[C@@H]1c1ccccc1. The van der Waals surface area contributed by atoms with Crippen LogP contribution in [0.25, 0.3) is 0 Å². The fourth-order valence-electron chi connectivity index (χ4n) is 4.11. The van der Waals surface area contributed by atoms with Gasteiger partial charge in [0.15, 0.2) is 8.24 Å². The van der Waals surface area contributed by atoms with Gasteiger partial charge in [-0.2, -0.15) is 0 Å². The number of nitrogens with zero attached hydrogens (tertiary/aromatic N) is 1. The smallest absolute Gasteiger partial charge is 0.221 e. The van der Waals surface area contributed by atoms with E-state index in [-0.39, 0.29) is 17.0 Å². The zero-order valence-electron chi connectivity index (χ0n) is 15.8. The molecule has 130 valence electrons. The van der Waals surface area contributed by atoms with Gasteiger partial charge in [-0.15, -0.1) is 0 Å². The lowest BCUT2D eigenvalue weighted by Crippen LogP contribution is -2.69. The van der Waals surface area contributed by atoms with Crippen LogP contribution >= 0.6 is 0 Å². The monoisotopic (exact) mass is 341 g/mol. The van der Waals surface area contributed by atoms with Gasteiger partial charge in [-0.1, -0.05) is 76.3 Å². The first kappa shape index (κ1) is 17.5. The molecule has 1 aromatic carbocycles. The summed E-state index contributed by atoms with van der Waals surface area (Å²) in [5.41, 5.74) is 1.32. The van der Waals surface area contributed by atoms with Crippen LogP contribution in [0.4, 0.5) is 0 Å². The maximum atomic E-state index is 13.3. The highest BCUT2D eigenvalue weighted by Crippen LogP contribution is 2.54. The number of amides is 1. The third-order valence-electron chi connectivity index (χ3n) is 6.54. The summed E-state index contributed by atoms with van der Waals surface area (Å²) >= 11 is 0. The molecule has 3 atom stereocenters. The number of carbonyl (C=O) groups is 1. The molecular formula is C21H31NOSi. The molecule has 1 heterocycles. The number of allylic oxidation sites excluding steroid dienone is 2. The highest BCUT2D eigenvalue weighted by molar-refractivity contribution is 6.80. The van der Waals surface area contributed by atoms with Crippen molar-refractivity contribution in [2.24, 2.45) is 11.8 Å². The summed E-state index contributed by atoms with van der Waals surface area (Å²) in [5, 5.41) is 0.174. The van der Waals surface area contributed by atoms with E-state index >= 15 is 0 Å². The van der Waals surface area contributed by atoms with E-state index in [1.165, 1.54) is 5.56 Å². The van der Waals surface area contributed by atoms with Crippen molar-refractivity contribution < 1.29 is 4.79 Å². The fraction of sp³-hybridized carbons (Fsp3) is 0.571. The summed E-state index contributed by atoms with van der Waals surface area (Å²) in [6.07, 6.45) is 7.88. The third kappa shape index (κ3) is 2.77. The Balaban J connectivity index is 1.98. The van der Waals surface area contributed by atoms with Gasteiger partial charge in [0.1, 0.15) is 0 Å². The standard InChI is InChI=1S/C21H31NOSi/c1-21(2,3)24(4,5)22-19(17-14-10-7-11-15-17)18(20(22)23)16-12-8-6-9-13-16/h6-8,10-11,14-16,18-19H,9,12-13H2,1-5H3/t16?,18-,19+/m1/s1. The zero-order valence-corrected chi connectivity index (χ0v) is 16.8. The van der Waals surface area contributed by atoms with Crippen LogP contribution in [0.3, 0.4) is 0 Å². The second-order valence-electron chi connectivity index (χ2n) is 8.94. The molecule has 0 spiro atoms. The van der Waals surface area contributed by atoms with Crippen molar-refractivity contribution in [2.45, 2.75) is 64.2 Å². The van der Waals surface area contributed by atoms with Crippen molar-refractivity contribution in [1.82, 2.24) is 4.57 Å². The molecule has 3 rings (SSSR count). The average Bonchev–Trinajstić information content (AvgIpc) is 2.53. The Morgan fingerprint density at radius 1 is 1.08 bits per heavy atom. The molecule has 1 aromatic rings. The Kier molecular flexibility index (Phi) is 4.50. The molecule has 1 unspecified atom stereocenters. The minimum atomic E-state index is -1.87. The summed E-state index contributed by atoms with van der Waals surface area (Å²) in [4.78, 5) is 13.3. The number of carbonyl (C=O) groups excluding carboxylic acids is 1. The number of β-lactam (4-membered cyclic amide) rings is 1. The molecule has 0 bridgehead atoms. The number of hydrogen-bond acceptors (Lipinski definition) is 1. The zero-order chi connectivity index (χ0) is 17.5. The van der Waals surface area contributed by atoms with E-state index in [1.54, 1.807) is 0 Å². The van der Waals surface area contributed by atoms with Crippen LogP contribution in [0, 0.1) is 11.8 Å². The number of hydrogen-bond donors (Lipinski definition) is 0. The molecule has 1 saturated heterocycles. The van der Waals surface area contributed by atoms with E-state index in [4.69, 9.17) is 0 Å². The van der Waals surface area contributed by atoms with E-state index < -0.39 is 8.24 Å². The van der Waals surface area contributed by atoms with Crippen LogP contribution in [-0.2, 0) is 4.79 Å². The van der Waals surface area contributed by atoms with E-state index in [2.05, 4.69) is 80.9 Å². The molecule has 1 aliphatic heterocycles. The van der Waals surface area contributed by atoms with Crippen molar-refractivity contribution in [1.29, 1.82) is 0 Å². The van der Waals surface area contributed by atoms with Gasteiger partial charge in [0, 0.05) is 0 Å². The fourth-order valence-corrected chi connectivity index (χ4v) is 6.53. The van der Waals surface area contributed by atoms with E-state index in [1.807, 2.05) is 0 Å². The predicted molar refractivity (Wildman–Crippen MR) is 103 cm³/mol. The van der Waals surface area contributed by atoms with Crippen molar-refractivity contribution in [3.63, 3.8) is 0 Å². The Labute approximate surface area is 148 Å². The number of rotatable bonds is 3. The maximum absolute atomic E-state index is 13.3.